The first-order valence-electron chi connectivity index (χ1n) is 18.5. The van der Waals surface area contributed by atoms with E-state index in [1.54, 1.807) is 0 Å². The summed E-state index contributed by atoms with van der Waals surface area (Å²) in [5.74, 6) is 4.30. The molecule has 0 radical (unpaired) electrons. The Morgan fingerprint density at radius 2 is 1.50 bits per heavy atom. The number of hydrogen-bond donors (Lipinski definition) is 0. The van der Waals surface area contributed by atoms with Gasteiger partial charge in [0.25, 0.3) is 0 Å². The lowest BCUT2D eigenvalue weighted by atomic mass is 9.77. The molecule has 0 saturated carbocycles. The van der Waals surface area contributed by atoms with E-state index in [0.717, 1.165) is 89.1 Å². The minimum Gasteiger partial charge on any atom is -0.485 e. The lowest BCUT2D eigenvalue weighted by Crippen LogP contribution is -2.35. The Morgan fingerprint density at radius 3 is 2.46 bits per heavy atom. The van der Waals surface area contributed by atoms with E-state index in [9.17, 15) is 0 Å². The van der Waals surface area contributed by atoms with E-state index in [1.165, 1.54) is 38.3 Å². The van der Waals surface area contributed by atoms with Gasteiger partial charge in [-0.05, 0) is 89.1 Å². The fraction of sp³-hybridized carbons (Fsp3) is 0.170. The van der Waals surface area contributed by atoms with E-state index in [2.05, 4.69) is 121 Å². The number of fused-ring (bicyclic) bond motifs is 8. The van der Waals surface area contributed by atoms with E-state index in [-0.39, 0.29) is 12.0 Å². The molecule has 4 aromatic carbocycles. The van der Waals surface area contributed by atoms with Crippen LogP contribution < -0.4 is 15.2 Å². The van der Waals surface area contributed by atoms with Crippen LogP contribution in [-0.4, -0.2) is 21.1 Å². The van der Waals surface area contributed by atoms with Crippen molar-refractivity contribution in [3.8, 4) is 17.1 Å². The van der Waals surface area contributed by atoms with E-state index >= 15 is 0 Å². The molecule has 5 aliphatic rings. The van der Waals surface area contributed by atoms with Crippen LogP contribution in [0.2, 0.25) is 0 Å². The van der Waals surface area contributed by atoms with Gasteiger partial charge in [-0.3, -0.25) is 0 Å². The second-order valence-electron chi connectivity index (χ2n) is 14.3. The largest absolute Gasteiger partial charge is 0.485 e. The number of hydrogen-bond acceptors (Lipinski definition) is 5. The minimum absolute atomic E-state index is 0.00945. The number of benzene rings is 4. The standard InChI is InChI=1S/C47H35N3O2/c1-2-12-29-27-30(24-23-28(29)11-1)45-48-46(50-47(49-45)38-18-10-22-42-44(38)37-16-6-8-20-40(37)52-42)35-26-25-33(31-13-3-4-14-32(31)35)34-17-9-21-41-43(34)36-15-5-7-19-39(36)51-41/h2-9,12-21,23-24,27,41,43H,1,10-11,22,25-26H2. The van der Waals surface area contributed by atoms with E-state index < -0.39 is 0 Å². The molecule has 11 rings (SSSR count). The molecular formula is C47H35N3O2. The van der Waals surface area contributed by atoms with Crippen molar-refractivity contribution in [3.05, 3.63) is 177 Å². The Balaban J connectivity index is 1.13. The van der Waals surface area contributed by atoms with Crippen molar-refractivity contribution in [1.82, 2.24) is 15.0 Å². The average Bonchev–Trinajstić information content (AvgIpc) is 3.79. The SMILES string of the molecule is C1=CC2Oc3ccccc3C2C(C2=c3ccccc3=C(c3nc(C4=CCCc5oc6ccccc6c54)nc(-c4ccc5c(c4)C=CCC5)n3)CC2)=C1. The highest BCUT2D eigenvalue weighted by molar-refractivity contribution is 5.97. The molecule has 52 heavy (non-hydrogen) atoms. The van der Waals surface area contributed by atoms with Crippen LogP contribution in [0.1, 0.15) is 71.3 Å². The third-order valence-corrected chi connectivity index (χ3v) is 11.4. The molecule has 6 aromatic rings. The zero-order valence-corrected chi connectivity index (χ0v) is 28.7. The zero-order valence-electron chi connectivity index (χ0n) is 28.7. The molecule has 0 bridgehead atoms. The van der Waals surface area contributed by atoms with Gasteiger partial charge < -0.3 is 9.15 Å². The second kappa shape index (κ2) is 11.7. The summed E-state index contributed by atoms with van der Waals surface area (Å²) in [6, 6.07) is 32.3. The summed E-state index contributed by atoms with van der Waals surface area (Å²) < 4.78 is 12.8. The van der Waals surface area contributed by atoms with Crippen LogP contribution in [0.3, 0.4) is 0 Å². The lowest BCUT2D eigenvalue weighted by Gasteiger charge is -2.27. The highest BCUT2D eigenvalue weighted by Gasteiger charge is 2.38. The van der Waals surface area contributed by atoms with Crippen LogP contribution in [0, 0.1) is 0 Å². The number of rotatable bonds is 4. The Morgan fingerprint density at radius 1 is 0.692 bits per heavy atom. The number of nitrogens with zero attached hydrogens (tertiary/aromatic N) is 3. The summed E-state index contributed by atoms with van der Waals surface area (Å²) in [7, 11) is 0. The third kappa shape index (κ3) is 4.65. The third-order valence-electron chi connectivity index (χ3n) is 11.4. The van der Waals surface area contributed by atoms with Crippen LogP contribution in [-0.2, 0) is 12.8 Å². The van der Waals surface area contributed by atoms with E-state index in [4.69, 9.17) is 24.1 Å². The maximum Gasteiger partial charge on any atom is 0.164 e. The molecule has 2 aromatic heterocycles. The summed E-state index contributed by atoms with van der Waals surface area (Å²) in [4.78, 5) is 15.9. The van der Waals surface area contributed by atoms with Crippen LogP contribution in [0.25, 0.3) is 45.2 Å². The maximum atomic E-state index is 6.43. The van der Waals surface area contributed by atoms with Gasteiger partial charge in [0.2, 0.25) is 0 Å². The van der Waals surface area contributed by atoms with Crippen LogP contribution in [0.15, 0.2) is 131 Å². The molecule has 0 N–H and O–H groups in total. The first kappa shape index (κ1) is 29.6. The van der Waals surface area contributed by atoms with Crippen LogP contribution >= 0.6 is 0 Å². The van der Waals surface area contributed by atoms with Crippen molar-refractivity contribution in [2.45, 2.75) is 50.5 Å². The molecule has 5 heteroatoms. The molecule has 2 unspecified atom stereocenters. The van der Waals surface area contributed by atoms with Gasteiger partial charge in [-0.15, -0.1) is 0 Å². The van der Waals surface area contributed by atoms with Crippen molar-refractivity contribution < 1.29 is 9.15 Å². The Labute approximate surface area is 301 Å². The molecule has 4 aliphatic carbocycles. The quantitative estimate of drug-likeness (QED) is 0.187. The smallest absolute Gasteiger partial charge is 0.164 e. The first-order valence-corrected chi connectivity index (χ1v) is 18.5. The van der Waals surface area contributed by atoms with Gasteiger partial charge >= 0.3 is 0 Å². The van der Waals surface area contributed by atoms with Gasteiger partial charge in [0.1, 0.15) is 23.2 Å². The lowest BCUT2D eigenvalue weighted by molar-refractivity contribution is 0.266. The maximum absolute atomic E-state index is 6.43. The summed E-state index contributed by atoms with van der Waals surface area (Å²) >= 11 is 0. The van der Waals surface area contributed by atoms with Crippen molar-refractivity contribution in [1.29, 1.82) is 0 Å². The Kier molecular flexibility index (Phi) is 6.69. The molecule has 1 aliphatic heterocycles. The average molecular weight is 674 g/mol. The van der Waals surface area contributed by atoms with Gasteiger partial charge in [0.05, 0.1) is 5.92 Å². The van der Waals surface area contributed by atoms with Crippen molar-refractivity contribution >= 4 is 33.8 Å². The normalized spacial score (nSPS) is 19.6. The van der Waals surface area contributed by atoms with Crippen molar-refractivity contribution in [3.63, 3.8) is 0 Å². The van der Waals surface area contributed by atoms with E-state index in [0.29, 0.717) is 11.6 Å². The molecule has 0 spiro atoms. The monoisotopic (exact) mass is 673 g/mol. The fourth-order valence-corrected chi connectivity index (χ4v) is 9.00. The number of ether oxygens (including phenoxy) is 1. The zero-order chi connectivity index (χ0) is 34.2. The van der Waals surface area contributed by atoms with Gasteiger partial charge in [-0.1, -0.05) is 103 Å². The highest BCUT2D eigenvalue weighted by atomic mass is 16.5. The molecule has 250 valence electrons. The van der Waals surface area contributed by atoms with Gasteiger partial charge in [-0.25, -0.2) is 15.0 Å². The van der Waals surface area contributed by atoms with Gasteiger partial charge in [-0.2, -0.15) is 0 Å². The van der Waals surface area contributed by atoms with Crippen LogP contribution in [0.4, 0.5) is 0 Å². The fourth-order valence-electron chi connectivity index (χ4n) is 9.00. The number of allylic oxidation sites excluding steroid dienone is 4. The molecule has 3 heterocycles. The minimum atomic E-state index is 0.00945. The number of furan rings is 1. The summed E-state index contributed by atoms with van der Waals surface area (Å²) in [6.07, 6.45) is 19.0. The highest BCUT2D eigenvalue weighted by Crippen LogP contribution is 2.48. The van der Waals surface area contributed by atoms with E-state index in [1.807, 2.05) is 6.07 Å². The molecule has 0 amide bonds. The van der Waals surface area contributed by atoms with Crippen molar-refractivity contribution in [2.24, 2.45) is 0 Å². The Hall–Kier alpha value is -6.07. The topological polar surface area (TPSA) is 61.0 Å². The summed E-state index contributed by atoms with van der Waals surface area (Å²) in [5, 5.41) is 3.54. The summed E-state index contributed by atoms with van der Waals surface area (Å²) in [6.45, 7) is 0. The number of aryl methyl sites for hydroxylation is 2. The molecule has 0 saturated heterocycles. The summed E-state index contributed by atoms with van der Waals surface area (Å²) in [5.41, 5.74) is 11.8. The predicted molar refractivity (Wildman–Crippen MR) is 206 cm³/mol. The van der Waals surface area contributed by atoms with Crippen LogP contribution in [0.5, 0.6) is 5.75 Å². The molecule has 2 atom stereocenters. The first-order chi connectivity index (χ1) is 25.8. The second-order valence-corrected chi connectivity index (χ2v) is 14.3. The number of aromatic nitrogens is 3. The van der Waals surface area contributed by atoms with Crippen molar-refractivity contribution in [2.75, 3.05) is 0 Å². The number of para-hydroxylation sites is 2. The van der Waals surface area contributed by atoms with Gasteiger partial charge in [0.15, 0.2) is 17.5 Å². The molecular weight excluding hydrogens is 639 g/mol. The Bertz CT molecular complexity index is 2740. The molecule has 0 fully saturated rings. The molecule has 5 nitrogen and oxygen atoms in total. The van der Waals surface area contributed by atoms with Gasteiger partial charge in [0, 0.05) is 39.6 Å². The predicted octanol–water partition coefficient (Wildman–Crippen LogP) is 8.81.